The predicted octanol–water partition coefficient (Wildman–Crippen LogP) is 7.49. The Hall–Kier alpha value is -4.63. The number of nitrogens with one attached hydrogen (secondary N) is 2. The Balaban J connectivity index is 1.23. The normalized spacial score (nSPS) is 21.6. The number of rotatable bonds is 13. The second-order valence-electron chi connectivity index (χ2n) is 13.4. The summed E-state index contributed by atoms with van der Waals surface area (Å²) in [6, 6.07) is 49.7. The van der Waals surface area contributed by atoms with Crippen molar-refractivity contribution in [3.8, 4) is 0 Å². The molecule has 7 heteroatoms. The van der Waals surface area contributed by atoms with E-state index in [9.17, 15) is 4.79 Å². The topological polar surface area (TPSA) is 78.1 Å². The molecule has 2 heterocycles. The van der Waals surface area contributed by atoms with Gasteiger partial charge in [-0.2, -0.15) is 0 Å². The molecule has 5 atom stereocenters. The smallest absolute Gasteiger partial charge is 0.222 e. The summed E-state index contributed by atoms with van der Waals surface area (Å²) in [5.41, 5.74) is 5.19. The molecular formula is C43H44N2O5. The molecule has 2 aliphatic heterocycles. The summed E-state index contributed by atoms with van der Waals surface area (Å²) in [6.07, 6.45) is -2.09. The van der Waals surface area contributed by atoms with Gasteiger partial charge in [0, 0.05) is 12.5 Å². The van der Waals surface area contributed by atoms with Crippen molar-refractivity contribution in [2.75, 3.05) is 0 Å². The summed E-state index contributed by atoms with van der Waals surface area (Å²) in [5, 5.41) is 7.23. The van der Waals surface area contributed by atoms with Crippen LogP contribution in [0.25, 0.3) is 0 Å². The summed E-state index contributed by atoms with van der Waals surface area (Å²) in [6.45, 7) is 4.13. The maximum atomic E-state index is 14.3. The number of fused-ring (bicyclic) bond motifs is 1. The molecule has 0 aliphatic carbocycles. The van der Waals surface area contributed by atoms with E-state index in [0.29, 0.717) is 6.61 Å². The van der Waals surface area contributed by atoms with Crippen LogP contribution in [0, 0.1) is 0 Å². The second-order valence-corrected chi connectivity index (χ2v) is 13.4. The van der Waals surface area contributed by atoms with Gasteiger partial charge in [-0.25, -0.2) is 0 Å². The van der Waals surface area contributed by atoms with E-state index < -0.39 is 36.4 Å². The second kappa shape index (κ2) is 15.5. The minimum absolute atomic E-state index is 0.116. The van der Waals surface area contributed by atoms with Gasteiger partial charge < -0.3 is 29.6 Å². The Morgan fingerprint density at radius 1 is 0.660 bits per heavy atom. The van der Waals surface area contributed by atoms with Gasteiger partial charge in [0.15, 0.2) is 12.1 Å². The third-order valence-corrected chi connectivity index (χ3v) is 9.33. The van der Waals surface area contributed by atoms with Crippen LogP contribution in [0.2, 0.25) is 0 Å². The molecule has 2 fully saturated rings. The number of amides is 1. The lowest BCUT2D eigenvalue weighted by Gasteiger charge is -2.34. The van der Waals surface area contributed by atoms with Crippen LogP contribution in [0.5, 0.6) is 0 Å². The standard InChI is InChI=1S/C43H44N2O5/c1-43(2)49-41-40(47-29-30-18-8-3-9-19-30)39(48-42(41)50-43)35(44-37(31-20-10-4-11-21-31)32-22-12-5-13-23-32)28-36(46)45-38(33-24-14-6-15-25-33)34-26-16-7-17-27-34/h3-27,35,37-42,44H,28-29H2,1-2H3,(H,45,46)/t35-,39-,40+,41-,42-/m1/s1. The number of carbonyl (C=O) groups is 1. The van der Waals surface area contributed by atoms with Crippen molar-refractivity contribution >= 4 is 5.91 Å². The molecule has 2 saturated heterocycles. The molecule has 7 rings (SSSR count). The van der Waals surface area contributed by atoms with Gasteiger partial charge in [0.05, 0.1) is 18.7 Å². The third kappa shape index (κ3) is 8.05. The SMILES string of the molecule is CC1(C)O[C@H]2O[C@H]([C@@H](CC(=O)NC(c3ccccc3)c3ccccc3)NC(c3ccccc3)c3ccccc3)[C@H](OCc3ccccc3)[C@H]2O1. The zero-order valence-electron chi connectivity index (χ0n) is 28.4. The Kier molecular flexibility index (Phi) is 10.5. The molecule has 0 spiro atoms. The molecule has 0 saturated carbocycles. The largest absolute Gasteiger partial charge is 0.368 e. The van der Waals surface area contributed by atoms with Crippen molar-refractivity contribution in [1.29, 1.82) is 0 Å². The Bertz CT molecular complexity index is 1710. The number of hydrogen-bond acceptors (Lipinski definition) is 6. The average Bonchev–Trinajstić information content (AvgIpc) is 3.64. The van der Waals surface area contributed by atoms with E-state index in [1.165, 1.54) is 0 Å². The number of ether oxygens (including phenoxy) is 4. The van der Waals surface area contributed by atoms with Crippen LogP contribution in [0.15, 0.2) is 152 Å². The van der Waals surface area contributed by atoms with Crippen LogP contribution in [-0.2, 0) is 30.3 Å². The van der Waals surface area contributed by atoms with Crippen molar-refractivity contribution in [3.05, 3.63) is 179 Å². The van der Waals surface area contributed by atoms with E-state index >= 15 is 0 Å². The predicted molar refractivity (Wildman–Crippen MR) is 193 cm³/mol. The number of carbonyl (C=O) groups excluding carboxylic acids is 1. The summed E-state index contributed by atoms with van der Waals surface area (Å²) in [4.78, 5) is 14.3. The van der Waals surface area contributed by atoms with Gasteiger partial charge in [-0.05, 0) is 41.7 Å². The Labute approximate surface area is 294 Å². The fourth-order valence-corrected chi connectivity index (χ4v) is 7.01. The average molecular weight is 669 g/mol. The third-order valence-electron chi connectivity index (χ3n) is 9.33. The van der Waals surface area contributed by atoms with Gasteiger partial charge in [-0.15, -0.1) is 0 Å². The van der Waals surface area contributed by atoms with Crippen molar-refractivity contribution in [1.82, 2.24) is 10.6 Å². The van der Waals surface area contributed by atoms with Crippen LogP contribution in [-0.4, -0.2) is 42.3 Å². The first-order chi connectivity index (χ1) is 24.4. The highest BCUT2D eigenvalue weighted by molar-refractivity contribution is 5.78. The summed E-state index contributed by atoms with van der Waals surface area (Å²) in [5.74, 6) is -0.950. The molecule has 7 nitrogen and oxygen atoms in total. The molecule has 2 aliphatic rings. The Morgan fingerprint density at radius 2 is 1.12 bits per heavy atom. The van der Waals surface area contributed by atoms with E-state index in [4.69, 9.17) is 18.9 Å². The molecule has 50 heavy (non-hydrogen) atoms. The van der Waals surface area contributed by atoms with Gasteiger partial charge in [0.2, 0.25) is 5.91 Å². The first-order valence-electron chi connectivity index (χ1n) is 17.4. The number of hydrogen-bond donors (Lipinski definition) is 2. The maximum Gasteiger partial charge on any atom is 0.222 e. The molecule has 2 N–H and O–H groups in total. The molecule has 0 radical (unpaired) electrons. The van der Waals surface area contributed by atoms with E-state index in [-0.39, 0.29) is 24.4 Å². The van der Waals surface area contributed by atoms with E-state index in [0.717, 1.165) is 27.8 Å². The van der Waals surface area contributed by atoms with Crippen LogP contribution in [0.3, 0.4) is 0 Å². The van der Waals surface area contributed by atoms with Gasteiger partial charge in [-0.3, -0.25) is 4.79 Å². The van der Waals surface area contributed by atoms with Gasteiger partial charge in [0.1, 0.15) is 18.3 Å². The van der Waals surface area contributed by atoms with Crippen molar-refractivity contribution < 1.29 is 23.7 Å². The van der Waals surface area contributed by atoms with E-state index in [2.05, 4.69) is 34.9 Å². The highest BCUT2D eigenvalue weighted by atomic mass is 16.8. The van der Waals surface area contributed by atoms with E-state index in [1.807, 2.05) is 141 Å². The zero-order valence-corrected chi connectivity index (χ0v) is 28.4. The van der Waals surface area contributed by atoms with Crippen LogP contribution >= 0.6 is 0 Å². The molecule has 5 aromatic rings. The van der Waals surface area contributed by atoms with Crippen molar-refractivity contribution in [2.24, 2.45) is 0 Å². The minimum Gasteiger partial charge on any atom is -0.368 e. The van der Waals surface area contributed by atoms with Crippen LogP contribution in [0.4, 0.5) is 0 Å². The monoisotopic (exact) mass is 668 g/mol. The minimum atomic E-state index is -0.829. The summed E-state index contributed by atoms with van der Waals surface area (Å²) < 4.78 is 26.1. The van der Waals surface area contributed by atoms with Gasteiger partial charge in [-0.1, -0.05) is 152 Å². The molecule has 1 amide bonds. The quantitative estimate of drug-likeness (QED) is 0.135. The maximum absolute atomic E-state index is 14.3. The van der Waals surface area contributed by atoms with Gasteiger partial charge in [0.25, 0.3) is 0 Å². The van der Waals surface area contributed by atoms with E-state index in [1.54, 1.807) is 0 Å². The molecule has 256 valence electrons. The zero-order chi connectivity index (χ0) is 34.3. The molecule has 5 aromatic carbocycles. The fraction of sp³-hybridized carbons (Fsp3) is 0.279. The molecule has 0 unspecified atom stereocenters. The number of benzene rings is 5. The lowest BCUT2D eigenvalue weighted by molar-refractivity contribution is -0.223. The summed E-state index contributed by atoms with van der Waals surface area (Å²) in [7, 11) is 0. The van der Waals surface area contributed by atoms with Crippen molar-refractivity contribution in [3.63, 3.8) is 0 Å². The fourth-order valence-electron chi connectivity index (χ4n) is 7.01. The van der Waals surface area contributed by atoms with Gasteiger partial charge >= 0.3 is 0 Å². The van der Waals surface area contributed by atoms with Crippen LogP contribution < -0.4 is 10.6 Å². The lowest BCUT2D eigenvalue weighted by Crippen LogP contribution is -2.51. The first-order valence-corrected chi connectivity index (χ1v) is 17.4. The lowest BCUT2D eigenvalue weighted by atomic mass is 9.93. The highest BCUT2D eigenvalue weighted by Gasteiger charge is 2.57. The van der Waals surface area contributed by atoms with Crippen LogP contribution in [0.1, 0.15) is 60.2 Å². The molecule has 0 bridgehead atoms. The highest BCUT2D eigenvalue weighted by Crippen LogP contribution is 2.41. The Morgan fingerprint density at radius 3 is 1.62 bits per heavy atom. The molecular weight excluding hydrogens is 624 g/mol. The molecule has 0 aromatic heterocycles. The summed E-state index contributed by atoms with van der Waals surface area (Å²) >= 11 is 0. The van der Waals surface area contributed by atoms with Crippen molar-refractivity contribution in [2.45, 2.75) is 75.4 Å². The first kappa shape index (κ1) is 33.8.